The Bertz CT molecular complexity index is 483. The van der Waals surface area contributed by atoms with Gasteiger partial charge in [0.15, 0.2) is 0 Å². The number of amides is 1. The van der Waals surface area contributed by atoms with Crippen LogP contribution in [0, 0.1) is 5.92 Å². The normalized spacial score (nSPS) is 17.4. The van der Waals surface area contributed by atoms with Gasteiger partial charge in [-0.1, -0.05) is 36.7 Å². The molecule has 1 aliphatic heterocycles. The smallest absolute Gasteiger partial charge is 0.224 e. The summed E-state index contributed by atoms with van der Waals surface area (Å²) >= 11 is 6.23. The van der Waals surface area contributed by atoms with Crippen molar-refractivity contribution in [3.8, 4) is 0 Å². The van der Waals surface area contributed by atoms with Crippen LogP contribution in [-0.2, 0) is 10.3 Å². The minimum Gasteiger partial charge on any atom is -0.347 e. The summed E-state index contributed by atoms with van der Waals surface area (Å²) in [6.45, 7) is 9.03. The molecule has 0 aromatic heterocycles. The van der Waals surface area contributed by atoms with E-state index in [1.807, 2.05) is 45.0 Å². The van der Waals surface area contributed by atoms with Gasteiger partial charge in [-0.25, -0.2) is 0 Å². The van der Waals surface area contributed by atoms with Crippen molar-refractivity contribution in [2.24, 2.45) is 5.92 Å². The lowest BCUT2D eigenvalue weighted by atomic mass is 9.93. The summed E-state index contributed by atoms with van der Waals surface area (Å²) in [5.74, 6) is 0.0823. The van der Waals surface area contributed by atoms with Crippen LogP contribution in [0.25, 0.3) is 0 Å². The van der Waals surface area contributed by atoms with Crippen LogP contribution in [0.5, 0.6) is 0 Å². The molecule has 1 N–H and O–H groups in total. The second kappa shape index (κ2) is 6.15. The predicted molar refractivity (Wildman–Crippen MR) is 82.8 cm³/mol. The van der Waals surface area contributed by atoms with Gasteiger partial charge in [-0.05, 0) is 45.0 Å². The third-order valence-corrected chi connectivity index (χ3v) is 4.24. The number of likely N-dealkylation sites (tertiary alicyclic amines) is 1. The zero-order chi connectivity index (χ0) is 14.8. The maximum absolute atomic E-state index is 12.3. The Hall–Kier alpha value is -1.06. The first-order valence-corrected chi connectivity index (χ1v) is 7.57. The Labute approximate surface area is 126 Å². The Morgan fingerprint density at radius 3 is 2.60 bits per heavy atom. The first-order valence-electron chi connectivity index (χ1n) is 7.19. The van der Waals surface area contributed by atoms with Crippen LogP contribution in [0.4, 0.5) is 0 Å². The van der Waals surface area contributed by atoms with Crippen molar-refractivity contribution in [1.82, 2.24) is 10.2 Å². The highest BCUT2D eigenvalue weighted by molar-refractivity contribution is 6.31. The molecular weight excluding hydrogens is 272 g/mol. The van der Waals surface area contributed by atoms with Crippen LogP contribution in [0.1, 0.15) is 32.8 Å². The van der Waals surface area contributed by atoms with Crippen LogP contribution in [0.15, 0.2) is 24.3 Å². The number of nitrogens with one attached hydrogen (secondary N) is 1. The van der Waals surface area contributed by atoms with Gasteiger partial charge < -0.3 is 10.2 Å². The topological polar surface area (TPSA) is 32.3 Å². The largest absolute Gasteiger partial charge is 0.347 e. The quantitative estimate of drug-likeness (QED) is 0.905. The molecule has 1 fully saturated rings. The number of hydrogen-bond acceptors (Lipinski definition) is 2. The molecule has 0 aliphatic carbocycles. The van der Waals surface area contributed by atoms with Gasteiger partial charge in [-0.15, -0.1) is 0 Å². The van der Waals surface area contributed by atoms with Gasteiger partial charge >= 0.3 is 0 Å². The highest BCUT2D eigenvalue weighted by Gasteiger charge is 2.28. The lowest BCUT2D eigenvalue weighted by molar-refractivity contribution is -0.127. The molecule has 1 aromatic carbocycles. The molecule has 110 valence electrons. The van der Waals surface area contributed by atoms with Gasteiger partial charge in [0.2, 0.25) is 5.91 Å². The number of nitrogens with zero attached hydrogens (tertiary/aromatic N) is 1. The molecule has 1 aromatic rings. The van der Waals surface area contributed by atoms with E-state index in [0.717, 1.165) is 25.2 Å². The predicted octanol–water partition coefficient (Wildman–Crippen LogP) is 3.03. The van der Waals surface area contributed by atoms with Crippen molar-refractivity contribution in [2.45, 2.75) is 32.7 Å². The molecule has 1 atom stereocenters. The Morgan fingerprint density at radius 2 is 2.05 bits per heavy atom. The number of benzene rings is 1. The summed E-state index contributed by atoms with van der Waals surface area (Å²) in [7, 11) is 0. The Balaban J connectivity index is 1.99. The molecule has 1 aliphatic rings. The van der Waals surface area contributed by atoms with Gasteiger partial charge in [0.05, 0.1) is 5.54 Å². The lowest BCUT2D eigenvalue weighted by Gasteiger charge is -2.34. The SMILES string of the molecule is C[C@H](CN1CCC1)C(=O)NC(C)(C)c1ccccc1Cl. The summed E-state index contributed by atoms with van der Waals surface area (Å²) in [6.07, 6.45) is 1.25. The standard InChI is InChI=1S/C16H23ClN2O/c1-12(11-19-9-6-10-19)15(20)18-16(2,3)13-7-4-5-8-14(13)17/h4-5,7-8,12H,6,9-11H2,1-3H3,(H,18,20)/t12-/m1/s1. The maximum atomic E-state index is 12.3. The molecule has 0 radical (unpaired) electrons. The van der Waals surface area contributed by atoms with E-state index < -0.39 is 5.54 Å². The molecule has 0 unspecified atom stereocenters. The van der Waals surface area contributed by atoms with Gasteiger partial charge in [-0.2, -0.15) is 0 Å². The van der Waals surface area contributed by atoms with E-state index in [9.17, 15) is 4.79 Å². The fourth-order valence-corrected chi connectivity index (χ4v) is 2.87. The molecule has 0 spiro atoms. The minimum atomic E-state index is -0.460. The van der Waals surface area contributed by atoms with Crippen molar-refractivity contribution < 1.29 is 4.79 Å². The molecule has 4 heteroatoms. The molecule has 1 saturated heterocycles. The fraction of sp³-hybridized carbons (Fsp3) is 0.562. The van der Waals surface area contributed by atoms with Crippen molar-refractivity contribution >= 4 is 17.5 Å². The average molecular weight is 295 g/mol. The number of rotatable bonds is 5. The second-order valence-electron chi connectivity index (χ2n) is 6.15. The molecule has 2 rings (SSSR count). The van der Waals surface area contributed by atoms with E-state index in [1.54, 1.807) is 0 Å². The van der Waals surface area contributed by atoms with Gasteiger partial charge in [0.1, 0.15) is 0 Å². The van der Waals surface area contributed by atoms with Crippen molar-refractivity contribution in [2.75, 3.05) is 19.6 Å². The maximum Gasteiger partial charge on any atom is 0.224 e. The number of carbonyl (C=O) groups excluding carboxylic acids is 1. The third-order valence-electron chi connectivity index (χ3n) is 3.91. The van der Waals surface area contributed by atoms with Crippen LogP contribution in [0.3, 0.4) is 0 Å². The summed E-state index contributed by atoms with van der Waals surface area (Å²) in [5, 5.41) is 3.80. The zero-order valence-corrected chi connectivity index (χ0v) is 13.2. The second-order valence-corrected chi connectivity index (χ2v) is 6.56. The fourth-order valence-electron chi connectivity index (χ4n) is 2.50. The summed E-state index contributed by atoms with van der Waals surface area (Å²) in [6, 6.07) is 7.66. The molecule has 20 heavy (non-hydrogen) atoms. The van der Waals surface area contributed by atoms with Crippen molar-refractivity contribution in [1.29, 1.82) is 0 Å². The molecule has 0 saturated carbocycles. The zero-order valence-electron chi connectivity index (χ0n) is 12.4. The number of hydrogen-bond donors (Lipinski definition) is 1. The Morgan fingerprint density at radius 1 is 1.40 bits per heavy atom. The molecular formula is C16H23ClN2O. The van der Waals surface area contributed by atoms with Crippen LogP contribution in [0.2, 0.25) is 5.02 Å². The van der Waals surface area contributed by atoms with E-state index in [4.69, 9.17) is 11.6 Å². The van der Waals surface area contributed by atoms with Crippen LogP contribution in [-0.4, -0.2) is 30.4 Å². The van der Waals surface area contributed by atoms with Crippen molar-refractivity contribution in [3.63, 3.8) is 0 Å². The summed E-state index contributed by atoms with van der Waals surface area (Å²) in [5.41, 5.74) is 0.490. The van der Waals surface area contributed by atoms with E-state index >= 15 is 0 Å². The Kier molecular flexibility index (Phi) is 4.71. The number of halogens is 1. The summed E-state index contributed by atoms with van der Waals surface area (Å²) in [4.78, 5) is 14.7. The van der Waals surface area contributed by atoms with Gasteiger partial charge in [0, 0.05) is 17.5 Å². The molecule has 3 nitrogen and oxygen atoms in total. The van der Waals surface area contributed by atoms with Crippen LogP contribution >= 0.6 is 11.6 Å². The molecule has 1 amide bonds. The van der Waals surface area contributed by atoms with E-state index in [-0.39, 0.29) is 11.8 Å². The summed E-state index contributed by atoms with van der Waals surface area (Å²) < 4.78 is 0. The van der Waals surface area contributed by atoms with Crippen molar-refractivity contribution in [3.05, 3.63) is 34.9 Å². The van der Waals surface area contributed by atoms with Gasteiger partial charge in [0.25, 0.3) is 0 Å². The van der Waals surface area contributed by atoms with E-state index in [2.05, 4.69) is 10.2 Å². The lowest BCUT2D eigenvalue weighted by Crippen LogP contribution is -2.48. The van der Waals surface area contributed by atoms with Gasteiger partial charge in [-0.3, -0.25) is 4.79 Å². The van der Waals surface area contributed by atoms with E-state index in [0.29, 0.717) is 5.02 Å². The first-order chi connectivity index (χ1) is 9.40. The average Bonchev–Trinajstić information content (AvgIpc) is 2.33. The molecule has 0 bridgehead atoms. The minimum absolute atomic E-state index is 0.00272. The number of carbonyl (C=O) groups is 1. The molecule has 1 heterocycles. The first kappa shape index (κ1) is 15.3. The highest BCUT2D eigenvalue weighted by atomic mass is 35.5. The van der Waals surface area contributed by atoms with Crippen LogP contribution < -0.4 is 5.32 Å². The monoisotopic (exact) mass is 294 g/mol. The van der Waals surface area contributed by atoms with E-state index in [1.165, 1.54) is 6.42 Å². The third kappa shape index (κ3) is 3.53. The highest BCUT2D eigenvalue weighted by Crippen LogP contribution is 2.27.